The number of rotatable bonds is 6. The van der Waals surface area contributed by atoms with Crippen molar-refractivity contribution in [2.45, 2.75) is 13.8 Å². The van der Waals surface area contributed by atoms with Gasteiger partial charge in [0.1, 0.15) is 12.4 Å². The maximum atomic E-state index is 10.5. The van der Waals surface area contributed by atoms with Gasteiger partial charge in [-0.2, -0.15) is 0 Å². The third kappa shape index (κ3) is 4.87. The smallest absolute Gasteiger partial charge is 0.317 e. The lowest BCUT2D eigenvalue weighted by Gasteiger charge is -2.15. The summed E-state index contributed by atoms with van der Waals surface area (Å²) in [5.74, 6) is 0.0401. The standard InChI is InChI=1S/C13H19NO3/c1-10-4-5-12(11(2)8-10)17-7-6-14(3)9-13(15)16/h4-5,8H,6-7,9H2,1-3H3,(H,15,16). The molecule has 0 heterocycles. The van der Waals surface area contributed by atoms with E-state index < -0.39 is 5.97 Å². The first-order valence-electron chi connectivity index (χ1n) is 5.59. The van der Waals surface area contributed by atoms with E-state index in [0.717, 1.165) is 11.3 Å². The second kappa shape index (κ2) is 6.25. The molecule has 0 aliphatic rings. The number of likely N-dealkylation sites (N-methyl/N-ethyl adjacent to an activating group) is 1. The molecule has 0 saturated heterocycles. The molecule has 0 fully saturated rings. The lowest BCUT2D eigenvalue weighted by Crippen LogP contribution is -2.29. The topological polar surface area (TPSA) is 49.8 Å². The molecule has 0 saturated carbocycles. The fraction of sp³-hybridized carbons (Fsp3) is 0.462. The van der Waals surface area contributed by atoms with E-state index in [1.54, 1.807) is 11.9 Å². The first kappa shape index (κ1) is 13.5. The average molecular weight is 237 g/mol. The molecule has 0 unspecified atom stereocenters. The van der Waals surface area contributed by atoms with Gasteiger partial charge in [0.15, 0.2) is 0 Å². The summed E-state index contributed by atoms with van der Waals surface area (Å²) in [6.07, 6.45) is 0. The Labute approximate surface area is 102 Å². The molecule has 0 bridgehead atoms. The van der Waals surface area contributed by atoms with Crippen LogP contribution in [0.5, 0.6) is 5.75 Å². The van der Waals surface area contributed by atoms with Gasteiger partial charge in [0, 0.05) is 6.54 Å². The first-order valence-corrected chi connectivity index (χ1v) is 5.59. The fourth-order valence-electron chi connectivity index (χ4n) is 1.58. The zero-order chi connectivity index (χ0) is 12.8. The largest absolute Gasteiger partial charge is 0.492 e. The number of nitrogens with zero attached hydrogens (tertiary/aromatic N) is 1. The molecule has 1 N–H and O–H groups in total. The van der Waals surface area contributed by atoms with Gasteiger partial charge in [-0.1, -0.05) is 17.7 Å². The molecule has 0 atom stereocenters. The quantitative estimate of drug-likeness (QED) is 0.818. The van der Waals surface area contributed by atoms with Crippen LogP contribution in [0, 0.1) is 13.8 Å². The number of benzene rings is 1. The lowest BCUT2D eigenvalue weighted by atomic mass is 10.1. The maximum Gasteiger partial charge on any atom is 0.317 e. The molecule has 1 aromatic carbocycles. The van der Waals surface area contributed by atoms with Crippen molar-refractivity contribution in [1.82, 2.24) is 4.90 Å². The third-order valence-corrected chi connectivity index (χ3v) is 2.47. The van der Waals surface area contributed by atoms with E-state index >= 15 is 0 Å². The Morgan fingerprint density at radius 1 is 1.41 bits per heavy atom. The maximum absolute atomic E-state index is 10.5. The number of hydrogen-bond donors (Lipinski definition) is 1. The van der Waals surface area contributed by atoms with Crippen molar-refractivity contribution in [3.05, 3.63) is 29.3 Å². The monoisotopic (exact) mass is 237 g/mol. The number of ether oxygens (including phenoxy) is 1. The fourth-order valence-corrected chi connectivity index (χ4v) is 1.58. The Balaban J connectivity index is 2.38. The Morgan fingerprint density at radius 2 is 2.12 bits per heavy atom. The molecule has 1 rings (SSSR count). The number of hydrogen-bond acceptors (Lipinski definition) is 3. The van der Waals surface area contributed by atoms with Crippen molar-refractivity contribution in [1.29, 1.82) is 0 Å². The van der Waals surface area contributed by atoms with Gasteiger partial charge in [-0.25, -0.2) is 0 Å². The van der Waals surface area contributed by atoms with Crippen LogP contribution in [0.2, 0.25) is 0 Å². The van der Waals surface area contributed by atoms with Crippen LogP contribution in [0.25, 0.3) is 0 Å². The van der Waals surface area contributed by atoms with Gasteiger partial charge in [0.25, 0.3) is 0 Å². The minimum absolute atomic E-state index is 0.0379. The van der Waals surface area contributed by atoms with Gasteiger partial charge in [-0.05, 0) is 32.5 Å². The van der Waals surface area contributed by atoms with E-state index in [1.165, 1.54) is 5.56 Å². The van der Waals surface area contributed by atoms with Gasteiger partial charge in [-0.15, -0.1) is 0 Å². The minimum Gasteiger partial charge on any atom is -0.492 e. The summed E-state index contributed by atoms with van der Waals surface area (Å²) in [6.45, 7) is 5.17. The van der Waals surface area contributed by atoms with Crippen molar-refractivity contribution in [3.8, 4) is 5.75 Å². The van der Waals surface area contributed by atoms with E-state index in [9.17, 15) is 4.79 Å². The van der Waals surface area contributed by atoms with Crippen molar-refractivity contribution in [2.75, 3.05) is 26.7 Å². The molecule has 0 aliphatic carbocycles. The lowest BCUT2D eigenvalue weighted by molar-refractivity contribution is -0.138. The van der Waals surface area contributed by atoms with Crippen molar-refractivity contribution in [2.24, 2.45) is 0 Å². The van der Waals surface area contributed by atoms with E-state index in [2.05, 4.69) is 6.07 Å². The van der Waals surface area contributed by atoms with Crippen LogP contribution in [0.4, 0.5) is 0 Å². The highest BCUT2D eigenvalue weighted by atomic mass is 16.5. The summed E-state index contributed by atoms with van der Waals surface area (Å²) in [7, 11) is 1.76. The zero-order valence-electron chi connectivity index (χ0n) is 10.6. The van der Waals surface area contributed by atoms with E-state index in [4.69, 9.17) is 9.84 Å². The predicted octanol–water partition coefficient (Wildman–Crippen LogP) is 1.70. The molecule has 0 aromatic heterocycles. The number of carbonyl (C=O) groups is 1. The normalized spacial score (nSPS) is 10.6. The Kier molecular flexibility index (Phi) is 4.97. The molecule has 4 heteroatoms. The number of aryl methyl sites for hydroxylation is 2. The van der Waals surface area contributed by atoms with Gasteiger partial charge in [-0.3, -0.25) is 9.69 Å². The van der Waals surface area contributed by atoms with Crippen LogP contribution in [-0.2, 0) is 4.79 Å². The van der Waals surface area contributed by atoms with Crippen LogP contribution in [0.15, 0.2) is 18.2 Å². The SMILES string of the molecule is Cc1ccc(OCCN(C)CC(=O)O)c(C)c1. The highest BCUT2D eigenvalue weighted by Crippen LogP contribution is 2.18. The second-order valence-electron chi connectivity index (χ2n) is 4.25. The molecule has 94 valence electrons. The van der Waals surface area contributed by atoms with Crippen LogP contribution in [0.3, 0.4) is 0 Å². The second-order valence-corrected chi connectivity index (χ2v) is 4.25. The van der Waals surface area contributed by atoms with Crippen LogP contribution in [0.1, 0.15) is 11.1 Å². The highest BCUT2D eigenvalue weighted by Gasteiger charge is 2.04. The summed E-state index contributed by atoms with van der Waals surface area (Å²) in [5, 5.41) is 8.59. The minimum atomic E-state index is -0.820. The zero-order valence-corrected chi connectivity index (χ0v) is 10.6. The Bertz CT molecular complexity index is 390. The van der Waals surface area contributed by atoms with E-state index in [-0.39, 0.29) is 6.54 Å². The van der Waals surface area contributed by atoms with Gasteiger partial charge in [0.2, 0.25) is 0 Å². The van der Waals surface area contributed by atoms with Gasteiger partial charge < -0.3 is 9.84 Å². The van der Waals surface area contributed by atoms with Gasteiger partial charge >= 0.3 is 5.97 Å². The molecule has 0 radical (unpaired) electrons. The summed E-state index contributed by atoms with van der Waals surface area (Å²) < 4.78 is 5.61. The summed E-state index contributed by atoms with van der Waals surface area (Å²) >= 11 is 0. The molecule has 0 amide bonds. The number of carboxylic acid groups (broad SMARTS) is 1. The van der Waals surface area contributed by atoms with Crippen molar-refractivity contribution in [3.63, 3.8) is 0 Å². The van der Waals surface area contributed by atoms with Crippen LogP contribution in [-0.4, -0.2) is 42.7 Å². The first-order chi connectivity index (χ1) is 7.99. The van der Waals surface area contributed by atoms with Crippen molar-refractivity contribution < 1.29 is 14.6 Å². The summed E-state index contributed by atoms with van der Waals surface area (Å²) in [5.41, 5.74) is 2.31. The van der Waals surface area contributed by atoms with E-state index in [0.29, 0.717) is 13.2 Å². The molecular weight excluding hydrogens is 218 g/mol. The Morgan fingerprint density at radius 3 is 2.71 bits per heavy atom. The van der Waals surface area contributed by atoms with Crippen LogP contribution < -0.4 is 4.74 Å². The molecule has 4 nitrogen and oxygen atoms in total. The van der Waals surface area contributed by atoms with Gasteiger partial charge in [0.05, 0.1) is 6.54 Å². The van der Waals surface area contributed by atoms with Crippen molar-refractivity contribution >= 4 is 5.97 Å². The molecule has 0 spiro atoms. The summed E-state index contributed by atoms with van der Waals surface area (Å²) in [6, 6.07) is 6.02. The Hall–Kier alpha value is -1.55. The average Bonchev–Trinajstić information content (AvgIpc) is 2.20. The molecule has 0 aliphatic heterocycles. The third-order valence-electron chi connectivity index (χ3n) is 2.47. The van der Waals surface area contributed by atoms with Crippen LogP contribution >= 0.6 is 0 Å². The molecule has 17 heavy (non-hydrogen) atoms. The van der Waals surface area contributed by atoms with E-state index in [1.807, 2.05) is 26.0 Å². The predicted molar refractivity (Wildman–Crippen MR) is 66.5 cm³/mol. The summed E-state index contributed by atoms with van der Waals surface area (Å²) in [4.78, 5) is 12.2. The highest BCUT2D eigenvalue weighted by molar-refractivity contribution is 5.68. The number of carboxylic acids is 1. The molecular formula is C13H19NO3. The number of aliphatic carboxylic acids is 1. The molecule has 1 aromatic rings.